The van der Waals surface area contributed by atoms with Crippen molar-refractivity contribution in [2.24, 2.45) is 11.7 Å². The van der Waals surface area contributed by atoms with E-state index in [4.69, 9.17) is 41.2 Å². The second-order valence-electron chi connectivity index (χ2n) is 5.71. The average molecular weight is 345 g/mol. The SMILES string of the molecule is CC1CCC(NC(=O)c2cc(Cl)ccc2Cl)(C(N)=S)CC1. The van der Waals surface area contributed by atoms with Gasteiger partial charge >= 0.3 is 0 Å². The Kier molecular flexibility index (Phi) is 5.12. The van der Waals surface area contributed by atoms with Crippen LogP contribution in [-0.4, -0.2) is 16.4 Å². The molecular formula is C15H18Cl2N2OS. The van der Waals surface area contributed by atoms with Gasteiger partial charge in [-0.25, -0.2) is 0 Å². The maximum absolute atomic E-state index is 12.5. The third-order valence-corrected chi connectivity index (χ3v) is 5.08. The lowest BCUT2D eigenvalue weighted by molar-refractivity contribution is 0.0901. The minimum Gasteiger partial charge on any atom is -0.391 e. The predicted octanol–water partition coefficient (Wildman–Crippen LogP) is 3.96. The van der Waals surface area contributed by atoms with E-state index in [9.17, 15) is 4.79 Å². The van der Waals surface area contributed by atoms with Crippen molar-refractivity contribution in [2.45, 2.75) is 38.1 Å². The van der Waals surface area contributed by atoms with Gasteiger partial charge in [0.15, 0.2) is 0 Å². The lowest BCUT2D eigenvalue weighted by Crippen LogP contribution is -2.58. The molecule has 0 aliphatic heterocycles. The number of hydrogen-bond acceptors (Lipinski definition) is 2. The standard InChI is InChI=1S/C15H18Cl2N2OS/c1-9-4-6-15(7-5-9,14(18)21)19-13(20)11-8-10(16)2-3-12(11)17/h2-3,8-9H,4-7H2,1H3,(H2,18,21)(H,19,20). The van der Waals surface area contributed by atoms with Gasteiger partial charge in [0.05, 0.1) is 21.1 Å². The second-order valence-corrected chi connectivity index (χ2v) is 6.99. The van der Waals surface area contributed by atoms with E-state index < -0.39 is 5.54 Å². The first-order valence-electron chi connectivity index (χ1n) is 6.91. The molecule has 0 atom stereocenters. The number of hydrogen-bond donors (Lipinski definition) is 2. The Balaban J connectivity index is 2.23. The van der Waals surface area contributed by atoms with Crippen molar-refractivity contribution < 1.29 is 4.79 Å². The lowest BCUT2D eigenvalue weighted by atomic mass is 9.77. The molecule has 6 heteroatoms. The van der Waals surface area contributed by atoms with E-state index >= 15 is 0 Å². The number of carbonyl (C=O) groups excluding carboxylic acids is 1. The van der Waals surface area contributed by atoms with Gasteiger partial charge in [0.1, 0.15) is 0 Å². The Morgan fingerprint density at radius 1 is 1.38 bits per heavy atom. The molecule has 0 saturated heterocycles. The summed E-state index contributed by atoms with van der Waals surface area (Å²) in [5.41, 5.74) is 5.62. The van der Waals surface area contributed by atoms with Crippen LogP contribution in [0.4, 0.5) is 0 Å². The van der Waals surface area contributed by atoms with Crippen molar-refractivity contribution in [1.29, 1.82) is 0 Å². The molecule has 1 aromatic carbocycles. The largest absolute Gasteiger partial charge is 0.391 e. The number of thiocarbonyl (C=S) groups is 1. The Morgan fingerprint density at radius 2 is 2.00 bits per heavy atom. The molecule has 114 valence electrons. The molecule has 3 nitrogen and oxygen atoms in total. The van der Waals surface area contributed by atoms with Crippen LogP contribution in [0.25, 0.3) is 0 Å². The highest BCUT2D eigenvalue weighted by Gasteiger charge is 2.38. The van der Waals surface area contributed by atoms with Crippen molar-refractivity contribution in [1.82, 2.24) is 5.32 Å². The van der Waals surface area contributed by atoms with Gasteiger partial charge in [-0.05, 0) is 49.8 Å². The van der Waals surface area contributed by atoms with Crippen LogP contribution >= 0.6 is 35.4 Å². The van der Waals surface area contributed by atoms with Gasteiger partial charge in [-0.15, -0.1) is 0 Å². The third kappa shape index (κ3) is 3.68. The fourth-order valence-corrected chi connectivity index (χ4v) is 3.27. The van der Waals surface area contributed by atoms with E-state index in [1.54, 1.807) is 18.2 Å². The van der Waals surface area contributed by atoms with Crippen LogP contribution in [0.15, 0.2) is 18.2 Å². The van der Waals surface area contributed by atoms with E-state index in [0.29, 0.717) is 26.5 Å². The van der Waals surface area contributed by atoms with Crippen molar-refractivity contribution in [3.63, 3.8) is 0 Å². The zero-order chi connectivity index (χ0) is 15.6. The summed E-state index contributed by atoms with van der Waals surface area (Å²) in [6.07, 6.45) is 3.49. The van der Waals surface area contributed by atoms with Gasteiger partial charge in [0.2, 0.25) is 0 Å². The minimum absolute atomic E-state index is 0.287. The normalized spacial score (nSPS) is 25.4. The molecule has 1 aliphatic carbocycles. The van der Waals surface area contributed by atoms with Gasteiger partial charge < -0.3 is 11.1 Å². The minimum atomic E-state index is -0.620. The highest BCUT2D eigenvalue weighted by Crippen LogP contribution is 2.33. The molecule has 3 N–H and O–H groups in total. The van der Waals surface area contributed by atoms with Gasteiger partial charge in [0.25, 0.3) is 5.91 Å². The number of rotatable bonds is 3. The predicted molar refractivity (Wildman–Crippen MR) is 91.1 cm³/mol. The van der Waals surface area contributed by atoms with Gasteiger partial charge in [0, 0.05) is 5.02 Å². The maximum Gasteiger partial charge on any atom is 0.253 e. The van der Waals surface area contributed by atoms with Crippen LogP contribution in [0.3, 0.4) is 0 Å². The van der Waals surface area contributed by atoms with E-state index in [2.05, 4.69) is 12.2 Å². The average Bonchev–Trinajstić information content (AvgIpc) is 2.44. The Labute approximate surface area is 140 Å². The van der Waals surface area contributed by atoms with Crippen LogP contribution < -0.4 is 11.1 Å². The molecule has 1 fully saturated rings. The summed E-state index contributed by atoms with van der Waals surface area (Å²) in [4.78, 5) is 12.8. The van der Waals surface area contributed by atoms with Crippen LogP contribution in [0.1, 0.15) is 43.0 Å². The summed E-state index contributed by atoms with van der Waals surface area (Å²) < 4.78 is 0. The Morgan fingerprint density at radius 3 is 2.57 bits per heavy atom. The fraction of sp³-hybridized carbons (Fsp3) is 0.467. The van der Waals surface area contributed by atoms with E-state index in [1.807, 2.05) is 0 Å². The summed E-state index contributed by atoms with van der Waals surface area (Å²) in [6, 6.07) is 4.80. The number of benzene rings is 1. The lowest BCUT2D eigenvalue weighted by Gasteiger charge is -2.39. The van der Waals surface area contributed by atoms with Gasteiger partial charge in [-0.3, -0.25) is 4.79 Å². The van der Waals surface area contributed by atoms with E-state index in [0.717, 1.165) is 25.7 Å². The smallest absolute Gasteiger partial charge is 0.253 e. The Bertz CT molecular complexity index is 569. The molecule has 1 aliphatic rings. The van der Waals surface area contributed by atoms with Crippen LogP contribution in [-0.2, 0) is 0 Å². The summed E-state index contributed by atoms with van der Waals surface area (Å²) in [7, 11) is 0. The highest BCUT2D eigenvalue weighted by molar-refractivity contribution is 7.80. The number of amides is 1. The first-order chi connectivity index (χ1) is 9.84. The fourth-order valence-electron chi connectivity index (χ4n) is 2.64. The Hall–Kier alpha value is -0.840. The maximum atomic E-state index is 12.5. The van der Waals surface area contributed by atoms with Gasteiger partial charge in [-0.1, -0.05) is 42.3 Å². The van der Waals surface area contributed by atoms with Crippen LogP contribution in [0, 0.1) is 5.92 Å². The summed E-state index contributed by atoms with van der Waals surface area (Å²) >= 11 is 17.2. The van der Waals surface area contributed by atoms with Crippen LogP contribution in [0.2, 0.25) is 10.0 Å². The molecule has 0 spiro atoms. The van der Waals surface area contributed by atoms with E-state index in [-0.39, 0.29) is 5.91 Å². The molecule has 2 rings (SSSR count). The van der Waals surface area contributed by atoms with E-state index in [1.165, 1.54) is 0 Å². The van der Waals surface area contributed by atoms with Gasteiger partial charge in [-0.2, -0.15) is 0 Å². The summed E-state index contributed by atoms with van der Waals surface area (Å²) in [5, 5.41) is 3.81. The molecule has 0 radical (unpaired) electrons. The van der Waals surface area contributed by atoms with Crippen molar-refractivity contribution in [3.05, 3.63) is 33.8 Å². The van der Waals surface area contributed by atoms with Crippen molar-refractivity contribution in [2.75, 3.05) is 0 Å². The number of nitrogens with two attached hydrogens (primary N) is 1. The zero-order valence-electron chi connectivity index (χ0n) is 11.8. The second kappa shape index (κ2) is 6.51. The molecule has 0 heterocycles. The number of halogens is 2. The van der Waals surface area contributed by atoms with Crippen LogP contribution in [0.5, 0.6) is 0 Å². The highest BCUT2D eigenvalue weighted by atomic mass is 35.5. The zero-order valence-corrected chi connectivity index (χ0v) is 14.1. The molecular weight excluding hydrogens is 327 g/mol. The molecule has 0 bridgehead atoms. The third-order valence-electron chi connectivity index (χ3n) is 4.13. The number of carbonyl (C=O) groups is 1. The summed E-state index contributed by atoms with van der Waals surface area (Å²) in [5.74, 6) is 0.337. The molecule has 1 saturated carbocycles. The molecule has 21 heavy (non-hydrogen) atoms. The molecule has 1 aromatic rings. The molecule has 0 aromatic heterocycles. The summed E-state index contributed by atoms with van der Waals surface area (Å²) in [6.45, 7) is 2.19. The van der Waals surface area contributed by atoms with Crippen molar-refractivity contribution in [3.8, 4) is 0 Å². The topological polar surface area (TPSA) is 55.1 Å². The monoisotopic (exact) mass is 344 g/mol. The van der Waals surface area contributed by atoms with Crippen molar-refractivity contribution >= 4 is 46.3 Å². The first kappa shape index (κ1) is 16.5. The quantitative estimate of drug-likeness (QED) is 0.816. The first-order valence-corrected chi connectivity index (χ1v) is 8.08. The molecule has 0 unspecified atom stereocenters. The molecule has 1 amide bonds. The number of nitrogens with one attached hydrogen (secondary N) is 1.